The van der Waals surface area contributed by atoms with Gasteiger partial charge in [0.1, 0.15) is 0 Å². The third-order valence-corrected chi connectivity index (χ3v) is 6.19. The fourth-order valence-corrected chi connectivity index (χ4v) is 3.93. The zero-order valence-corrected chi connectivity index (χ0v) is 14.1. The fraction of sp³-hybridized carbons (Fsp3) is 0.667. The molecule has 1 fully saturated rings. The molecule has 0 aliphatic heterocycles. The van der Waals surface area contributed by atoms with E-state index in [9.17, 15) is 0 Å². The number of rotatable bonds is 4. The molecule has 2 rings (SSSR count). The monoisotopic (exact) mass is 322 g/mol. The van der Waals surface area contributed by atoms with Gasteiger partial charge < -0.3 is 0 Å². The Kier molecular flexibility index (Phi) is 5.50. The molecule has 0 spiro atoms. The average molecular weight is 323 g/mol. The van der Waals surface area contributed by atoms with Gasteiger partial charge in [0.2, 0.25) is 0 Å². The van der Waals surface area contributed by atoms with Crippen molar-refractivity contribution in [2.24, 2.45) is 11.8 Å². The van der Waals surface area contributed by atoms with Crippen LogP contribution in [0.25, 0.3) is 0 Å². The lowest BCUT2D eigenvalue weighted by Gasteiger charge is -2.30. The molecule has 0 nitrogen and oxygen atoms in total. The third kappa shape index (κ3) is 3.84. The number of halogens is 1. The van der Waals surface area contributed by atoms with E-state index in [0.717, 1.165) is 11.8 Å². The third-order valence-electron chi connectivity index (χ3n) is 4.91. The molecule has 2 unspecified atom stereocenters. The Bertz CT molecular complexity index is 373. The van der Waals surface area contributed by atoms with Crippen LogP contribution >= 0.6 is 15.9 Å². The molecule has 106 valence electrons. The predicted molar refractivity (Wildman–Crippen MR) is 87.9 cm³/mol. The van der Waals surface area contributed by atoms with Gasteiger partial charge in [0.05, 0.1) is 0 Å². The van der Waals surface area contributed by atoms with Gasteiger partial charge in [0, 0.05) is 4.83 Å². The molecule has 0 bridgehead atoms. The van der Waals surface area contributed by atoms with Gasteiger partial charge in [-0.05, 0) is 48.1 Å². The van der Waals surface area contributed by atoms with E-state index in [1.807, 2.05) is 0 Å². The van der Waals surface area contributed by atoms with Crippen molar-refractivity contribution in [3.05, 3.63) is 35.4 Å². The summed E-state index contributed by atoms with van der Waals surface area (Å²) in [5.74, 6) is 2.44. The summed E-state index contributed by atoms with van der Waals surface area (Å²) in [6, 6.07) is 9.31. The van der Waals surface area contributed by atoms with Crippen LogP contribution in [0.3, 0.4) is 0 Å². The van der Waals surface area contributed by atoms with Gasteiger partial charge in [0.25, 0.3) is 0 Å². The molecule has 1 aromatic rings. The highest BCUT2D eigenvalue weighted by atomic mass is 79.9. The van der Waals surface area contributed by atoms with Gasteiger partial charge in [0.15, 0.2) is 0 Å². The van der Waals surface area contributed by atoms with Crippen LogP contribution in [0.2, 0.25) is 0 Å². The molecule has 0 radical (unpaired) electrons. The summed E-state index contributed by atoms with van der Waals surface area (Å²) in [5.41, 5.74) is 2.94. The summed E-state index contributed by atoms with van der Waals surface area (Å²) >= 11 is 3.95. The van der Waals surface area contributed by atoms with Crippen molar-refractivity contribution in [3.63, 3.8) is 0 Å². The molecule has 2 atom stereocenters. The molecule has 0 amide bonds. The molecule has 1 saturated carbocycles. The molecule has 1 aliphatic carbocycles. The second-order valence-corrected chi connectivity index (χ2v) is 7.38. The summed E-state index contributed by atoms with van der Waals surface area (Å²) in [6.07, 6.45) is 6.78. The molecule has 0 aromatic heterocycles. The molecular formula is C18H27Br. The Balaban J connectivity index is 2.01. The lowest BCUT2D eigenvalue weighted by atomic mass is 9.80. The first kappa shape index (κ1) is 15.1. The Morgan fingerprint density at radius 1 is 1.05 bits per heavy atom. The smallest absolute Gasteiger partial charge is 0.0423 e. The normalized spacial score (nSPS) is 26.9. The van der Waals surface area contributed by atoms with Gasteiger partial charge in [-0.15, -0.1) is 0 Å². The van der Waals surface area contributed by atoms with Crippen LogP contribution < -0.4 is 0 Å². The molecule has 0 N–H and O–H groups in total. The first-order chi connectivity index (χ1) is 9.11. The van der Waals surface area contributed by atoms with Crippen LogP contribution in [-0.2, 0) is 0 Å². The Hall–Kier alpha value is -0.300. The van der Waals surface area contributed by atoms with Gasteiger partial charge in [-0.3, -0.25) is 0 Å². The lowest BCUT2D eigenvalue weighted by Crippen LogP contribution is -2.16. The Labute approximate surface area is 127 Å². The van der Waals surface area contributed by atoms with Crippen LogP contribution in [0.1, 0.15) is 74.7 Å². The van der Waals surface area contributed by atoms with E-state index in [2.05, 4.69) is 61.0 Å². The van der Waals surface area contributed by atoms with Crippen LogP contribution in [0.4, 0.5) is 0 Å². The maximum absolute atomic E-state index is 3.95. The van der Waals surface area contributed by atoms with Gasteiger partial charge in [-0.1, -0.05) is 73.8 Å². The first-order valence-corrected chi connectivity index (χ1v) is 8.77. The van der Waals surface area contributed by atoms with Crippen molar-refractivity contribution in [1.82, 2.24) is 0 Å². The fourth-order valence-electron chi connectivity index (χ4n) is 3.09. The summed E-state index contributed by atoms with van der Waals surface area (Å²) in [4.78, 5) is 0.547. The van der Waals surface area contributed by atoms with Crippen LogP contribution in [0.5, 0.6) is 0 Å². The van der Waals surface area contributed by atoms with Gasteiger partial charge >= 0.3 is 0 Å². The molecule has 1 aromatic carbocycles. The van der Waals surface area contributed by atoms with Crippen LogP contribution in [0.15, 0.2) is 24.3 Å². The van der Waals surface area contributed by atoms with Crippen molar-refractivity contribution in [2.45, 2.75) is 63.6 Å². The quantitative estimate of drug-likeness (QED) is 0.558. The number of alkyl halides is 1. The topological polar surface area (TPSA) is 0 Å². The van der Waals surface area contributed by atoms with E-state index in [4.69, 9.17) is 0 Å². The predicted octanol–water partition coefficient (Wildman–Crippen LogP) is 6.46. The molecule has 1 heteroatoms. The van der Waals surface area contributed by atoms with Crippen molar-refractivity contribution in [3.8, 4) is 0 Å². The van der Waals surface area contributed by atoms with E-state index >= 15 is 0 Å². The van der Waals surface area contributed by atoms with Gasteiger partial charge in [-0.25, -0.2) is 0 Å². The second kappa shape index (κ2) is 6.92. The number of hydrogen-bond donors (Lipinski definition) is 0. The molecular weight excluding hydrogens is 296 g/mol. The lowest BCUT2D eigenvalue weighted by molar-refractivity contribution is 0.287. The van der Waals surface area contributed by atoms with Gasteiger partial charge in [-0.2, -0.15) is 0 Å². The van der Waals surface area contributed by atoms with Crippen molar-refractivity contribution in [1.29, 1.82) is 0 Å². The minimum atomic E-state index is 0.547. The van der Waals surface area contributed by atoms with E-state index in [1.54, 1.807) is 0 Å². The summed E-state index contributed by atoms with van der Waals surface area (Å²) in [7, 11) is 0. The summed E-state index contributed by atoms with van der Waals surface area (Å²) < 4.78 is 0. The summed E-state index contributed by atoms with van der Waals surface area (Å²) in [6.45, 7) is 6.96. The zero-order valence-electron chi connectivity index (χ0n) is 12.5. The standard InChI is InChI=1S/C18H27Br/c1-4-14(3)15-9-11-17(12-10-15)18(19)16-7-5-13(2)6-8-16/h9-14,16,18H,4-8H2,1-3H3. The minimum absolute atomic E-state index is 0.547. The maximum atomic E-state index is 3.95. The highest BCUT2D eigenvalue weighted by Gasteiger charge is 2.25. The largest absolute Gasteiger partial charge is 0.0836 e. The van der Waals surface area contributed by atoms with E-state index < -0.39 is 0 Å². The second-order valence-electron chi connectivity index (χ2n) is 6.40. The van der Waals surface area contributed by atoms with Crippen LogP contribution in [-0.4, -0.2) is 0 Å². The average Bonchev–Trinajstić information content (AvgIpc) is 2.46. The molecule has 1 aliphatic rings. The Morgan fingerprint density at radius 3 is 2.11 bits per heavy atom. The van der Waals surface area contributed by atoms with Crippen molar-refractivity contribution < 1.29 is 0 Å². The van der Waals surface area contributed by atoms with Crippen molar-refractivity contribution in [2.75, 3.05) is 0 Å². The highest BCUT2D eigenvalue weighted by Crippen LogP contribution is 2.41. The molecule has 0 heterocycles. The Morgan fingerprint density at radius 2 is 1.58 bits per heavy atom. The highest BCUT2D eigenvalue weighted by molar-refractivity contribution is 9.09. The molecule has 19 heavy (non-hydrogen) atoms. The van der Waals surface area contributed by atoms with E-state index in [1.165, 1.54) is 43.2 Å². The maximum Gasteiger partial charge on any atom is 0.0423 e. The summed E-state index contributed by atoms with van der Waals surface area (Å²) in [5, 5.41) is 0. The number of hydrogen-bond acceptors (Lipinski definition) is 0. The number of benzene rings is 1. The minimum Gasteiger partial charge on any atom is -0.0836 e. The SMILES string of the molecule is CCC(C)c1ccc(C(Br)C2CCC(C)CC2)cc1. The first-order valence-electron chi connectivity index (χ1n) is 7.85. The van der Waals surface area contributed by atoms with E-state index in [-0.39, 0.29) is 0 Å². The molecule has 0 saturated heterocycles. The van der Waals surface area contributed by atoms with Crippen LogP contribution in [0, 0.1) is 11.8 Å². The zero-order chi connectivity index (χ0) is 13.8. The van der Waals surface area contributed by atoms with E-state index in [0.29, 0.717) is 10.7 Å². The van der Waals surface area contributed by atoms with Crippen molar-refractivity contribution >= 4 is 15.9 Å².